The van der Waals surface area contributed by atoms with Gasteiger partial charge in [-0.05, 0) is 59.1 Å². The summed E-state index contributed by atoms with van der Waals surface area (Å²) < 4.78 is 26.8. The molecule has 0 radical (unpaired) electrons. The van der Waals surface area contributed by atoms with Crippen LogP contribution in [0.4, 0.5) is 14.5 Å². The minimum absolute atomic E-state index is 0.0490. The number of anilines is 1. The fourth-order valence-electron chi connectivity index (χ4n) is 1.79. The first-order chi connectivity index (χ1) is 10.4. The lowest BCUT2D eigenvalue weighted by Crippen LogP contribution is -2.15. The standard InChI is InChI=1S/C16H14BrF2NOS/c1-9-3-4-12(5-10(9)2)22-8-15(21)20-16-13(17)6-11(18)7-14(16)19/h3-7H,8H2,1-2H3,(H,20,21). The molecule has 2 aromatic rings. The maximum Gasteiger partial charge on any atom is 0.234 e. The van der Waals surface area contributed by atoms with Crippen molar-refractivity contribution >= 4 is 39.3 Å². The van der Waals surface area contributed by atoms with Crippen molar-refractivity contribution in [2.45, 2.75) is 18.7 Å². The van der Waals surface area contributed by atoms with Crippen molar-refractivity contribution in [3.8, 4) is 0 Å². The number of carbonyl (C=O) groups excluding carboxylic acids is 1. The summed E-state index contributed by atoms with van der Waals surface area (Å²) in [6.07, 6.45) is 0. The highest BCUT2D eigenvalue weighted by Gasteiger charge is 2.13. The van der Waals surface area contributed by atoms with Crippen LogP contribution in [0.5, 0.6) is 0 Å². The van der Waals surface area contributed by atoms with Crippen molar-refractivity contribution in [2.24, 2.45) is 0 Å². The number of amides is 1. The van der Waals surface area contributed by atoms with Crippen LogP contribution in [0.3, 0.4) is 0 Å². The number of hydrogen-bond acceptors (Lipinski definition) is 2. The van der Waals surface area contributed by atoms with Crippen molar-refractivity contribution in [2.75, 3.05) is 11.1 Å². The van der Waals surface area contributed by atoms with Crippen molar-refractivity contribution in [1.29, 1.82) is 0 Å². The molecule has 0 atom stereocenters. The molecule has 0 fully saturated rings. The number of aryl methyl sites for hydroxylation is 2. The average Bonchev–Trinajstić information content (AvgIpc) is 2.44. The van der Waals surface area contributed by atoms with E-state index in [1.807, 2.05) is 32.0 Å². The molecule has 0 spiro atoms. The first-order valence-electron chi connectivity index (χ1n) is 6.51. The van der Waals surface area contributed by atoms with E-state index in [4.69, 9.17) is 0 Å². The molecule has 0 aliphatic heterocycles. The Balaban J connectivity index is 2.00. The first kappa shape index (κ1) is 17.0. The second-order valence-electron chi connectivity index (χ2n) is 4.83. The maximum atomic E-state index is 13.6. The molecule has 2 rings (SSSR count). The van der Waals surface area contributed by atoms with Crippen LogP contribution < -0.4 is 5.32 Å². The zero-order chi connectivity index (χ0) is 16.3. The van der Waals surface area contributed by atoms with E-state index in [-0.39, 0.29) is 21.8 Å². The maximum absolute atomic E-state index is 13.6. The summed E-state index contributed by atoms with van der Waals surface area (Å²) in [7, 11) is 0. The second-order valence-corrected chi connectivity index (χ2v) is 6.73. The van der Waals surface area contributed by atoms with E-state index in [2.05, 4.69) is 21.2 Å². The predicted molar refractivity (Wildman–Crippen MR) is 89.3 cm³/mol. The zero-order valence-corrected chi connectivity index (χ0v) is 14.4. The molecule has 0 bridgehead atoms. The van der Waals surface area contributed by atoms with Gasteiger partial charge in [0.2, 0.25) is 5.91 Å². The Morgan fingerprint density at radius 1 is 1.18 bits per heavy atom. The second kappa shape index (κ2) is 7.24. The van der Waals surface area contributed by atoms with Gasteiger partial charge in [0.05, 0.1) is 11.4 Å². The normalized spacial score (nSPS) is 10.6. The van der Waals surface area contributed by atoms with Crippen LogP contribution in [0.25, 0.3) is 0 Å². The van der Waals surface area contributed by atoms with Gasteiger partial charge in [-0.1, -0.05) is 6.07 Å². The molecule has 2 aromatic carbocycles. The monoisotopic (exact) mass is 385 g/mol. The van der Waals surface area contributed by atoms with Crippen molar-refractivity contribution < 1.29 is 13.6 Å². The third-order valence-corrected chi connectivity index (χ3v) is 4.74. The number of hydrogen-bond donors (Lipinski definition) is 1. The molecule has 0 saturated heterocycles. The van der Waals surface area contributed by atoms with Gasteiger partial charge in [-0.15, -0.1) is 11.8 Å². The number of nitrogens with one attached hydrogen (secondary N) is 1. The molecule has 22 heavy (non-hydrogen) atoms. The minimum atomic E-state index is -0.809. The molecular formula is C16H14BrF2NOS. The molecule has 0 aliphatic carbocycles. The zero-order valence-electron chi connectivity index (χ0n) is 12.0. The quantitative estimate of drug-likeness (QED) is 0.743. The summed E-state index contributed by atoms with van der Waals surface area (Å²) in [5.41, 5.74) is 2.29. The number of carbonyl (C=O) groups is 1. The minimum Gasteiger partial charge on any atom is -0.322 e. The third-order valence-electron chi connectivity index (χ3n) is 3.12. The molecule has 0 aliphatic rings. The van der Waals surface area contributed by atoms with Gasteiger partial charge in [-0.2, -0.15) is 0 Å². The van der Waals surface area contributed by atoms with E-state index >= 15 is 0 Å². The van der Waals surface area contributed by atoms with Crippen LogP contribution in [0.15, 0.2) is 39.7 Å². The Labute approximate surface area is 140 Å². The van der Waals surface area contributed by atoms with E-state index in [1.54, 1.807) is 0 Å². The van der Waals surface area contributed by atoms with Gasteiger partial charge >= 0.3 is 0 Å². The number of rotatable bonds is 4. The Hall–Kier alpha value is -1.40. The van der Waals surface area contributed by atoms with Gasteiger partial charge in [0, 0.05) is 15.4 Å². The van der Waals surface area contributed by atoms with Crippen LogP contribution >= 0.6 is 27.7 Å². The van der Waals surface area contributed by atoms with Crippen LogP contribution in [-0.4, -0.2) is 11.7 Å². The van der Waals surface area contributed by atoms with Crippen LogP contribution in [0, 0.1) is 25.5 Å². The van der Waals surface area contributed by atoms with Crippen LogP contribution in [0.1, 0.15) is 11.1 Å². The summed E-state index contributed by atoms with van der Waals surface area (Å²) >= 11 is 4.40. The Kier molecular flexibility index (Phi) is 5.58. The Morgan fingerprint density at radius 2 is 1.91 bits per heavy atom. The lowest BCUT2D eigenvalue weighted by molar-refractivity contribution is -0.113. The average molecular weight is 386 g/mol. The van der Waals surface area contributed by atoms with E-state index in [1.165, 1.54) is 17.3 Å². The molecule has 116 valence electrons. The molecule has 1 amide bonds. The van der Waals surface area contributed by atoms with Crippen molar-refractivity contribution in [3.63, 3.8) is 0 Å². The molecule has 6 heteroatoms. The number of halogens is 3. The lowest BCUT2D eigenvalue weighted by atomic mass is 10.1. The molecule has 0 heterocycles. The molecule has 0 saturated carbocycles. The highest BCUT2D eigenvalue weighted by molar-refractivity contribution is 9.10. The van der Waals surface area contributed by atoms with Gasteiger partial charge in [0.25, 0.3) is 0 Å². The highest BCUT2D eigenvalue weighted by atomic mass is 79.9. The van der Waals surface area contributed by atoms with E-state index in [0.717, 1.165) is 22.6 Å². The van der Waals surface area contributed by atoms with Gasteiger partial charge in [-0.3, -0.25) is 4.79 Å². The van der Waals surface area contributed by atoms with Crippen LogP contribution in [-0.2, 0) is 4.79 Å². The summed E-state index contributed by atoms with van der Waals surface area (Å²) in [5, 5.41) is 2.45. The Bertz CT molecular complexity index is 698. The largest absolute Gasteiger partial charge is 0.322 e. The highest BCUT2D eigenvalue weighted by Crippen LogP contribution is 2.27. The topological polar surface area (TPSA) is 29.1 Å². The van der Waals surface area contributed by atoms with Crippen molar-refractivity contribution in [1.82, 2.24) is 0 Å². The SMILES string of the molecule is Cc1ccc(SCC(=O)Nc2c(F)cc(F)cc2Br)cc1C. The molecule has 1 N–H and O–H groups in total. The van der Waals surface area contributed by atoms with Crippen LogP contribution in [0.2, 0.25) is 0 Å². The first-order valence-corrected chi connectivity index (χ1v) is 8.29. The summed E-state index contributed by atoms with van der Waals surface area (Å²) in [4.78, 5) is 12.9. The summed E-state index contributed by atoms with van der Waals surface area (Å²) in [5.74, 6) is -1.72. The predicted octanol–water partition coefficient (Wildman–Crippen LogP) is 5.07. The van der Waals surface area contributed by atoms with Gasteiger partial charge in [-0.25, -0.2) is 8.78 Å². The van der Waals surface area contributed by atoms with E-state index in [9.17, 15) is 13.6 Å². The Morgan fingerprint density at radius 3 is 2.55 bits per heavy atom. The van der Waals surface area contributed by atoms with Gasteiger partial charge in [0.1, 0.15) is 5.82 Å². The van der Waals surface area contributed by atoms with Gasteiger partial charge in [0.15, 0.2) is 5.82 Å². The molecule has 0 aromatic heterocycles. The van der Waals surface area contributed by atoms with Crippen molar-refractivity contribution in [3.05, 3.63) is 57.6 Å². The smallest absolute Gasteiger partial charge is 0.234 e. The fourth-order valence-corrected chi connectivity index (χ4v) is 3.09. The molecule has 0 unspecified atom stereocenters. The summed E-state index contributed by atoms with van der Waals surface area (Å²) in [6, 6.07) is 7.77. The fraction of sp³-hybridized carbons (Fsp3) is 0.188. The lowest BCUT2D eigenvalue weighted by Gasteiger charge is -2.09. The van der Waals surface area contributed by atoms with E-state index < -0.39 is 11.6 Å². The summed E-state index contributed by atoms with van der Waals surface area (Å²) in [6.45, 7) is 4.02. The third kappa shape index (κ3) is 4.30. The van der Waals surface area contributed by atoms with E-state index in [0.29, 0.717) is 0 Å². The number of thioether (sulfide) groups is 1. The molecular weight excluding hydrogens is 372 g/mol. The molecule has 2 nitrogen and oxygen atoms in total. The number of benzene rings is 2. The van der Waals surface area contributed by atoms with Gasteiger partial charge < -0.3 is 5.32 Å².